The van der Waals surface area contributed by atoms with E-state index >= 15 is 0 Å². The number of rotatable bonds is 6. The summed E-state index contributed by atoms with van der Waals surface area (Å²) in [5, 5.41) is 5.50. The first-order valence-electron chi connectivity index (χ1n) is 12.6. The molecule has 0 radical (unpaired) electrons. The van der Waals surface area contributed by atoms with Crippen molar-refractivity contribution in [1.82, 2.24) is 9.80 Å². The van der Waals surface area contributed by atoms with Gasteiger partial charge < -0.3 is 19.9 Å². The van der Waals surface area contributed by atoms with Crippen molar-refractivity contribution in [3.05, 3.63) is 65.2 Å². The molecule has 2 amide bonds. The molecular formula is C29H40N4O2. The molecule has 1 heterocycles. The van der Waals surface area contributed by atoms with Gasteiger partial charge in [0, 0.05) is 30.5 Å². The predicted molar refractivity (Wildman–Crippen MR) is 146 cm³/mol. The number of anilines is 1. The smallest absolute Gasteiger partial charge is 0.322 e. The summed E-state index contributed by atoms with van der Waals surface area (Å²) < 4.78 is 6.00. The zero-order valence-corrected chi connectivity index (χ0v) is 21.8. The van der Waals surface area contributed by atoms with Gasteiger partial charge >= 0.3 is 6.03 Å². The molecule has 2 atom stereocenters. The summed E-state index contributed by atoms with van der Waals surface area (Å²) in [6.45, 7) is 16.7. The van der Waals surface area contributed by atoms with Gasteiger partial charge in [0.15, 0.2) is 0 Å². The van der Waals surface area contributed by atoms with Gasteiger partial charge in [0.05, 0.1) is 11.7 Å². The van der Waals surface area contributed by atoms with Crippen LogP contribution in [0.15, 0.2) is 59.8 Å². The molecule has 1 N–H and O–H groups in total. The lowest BCUT2D eigenvalue weighted by atomic mass is 9.98. The third kappa shape index (κ3) is 6.87. The summed E-state index contributed by atoms with van der Waals surface area (Å²) in [4.78, 5) is 22.2. The van der Waals surface area contributed by atoms with Crippen molar-refractivity contribution in [3.8, 4) is 0 Å². The van der Waals surface area contributed by atoms with Gasteiger partial charge in [-0.1, -0.05) is 69.9 Å². The standard InChI is InChI=1S/C29H40N4O2/c1-7-9-18-35-29(30-23(6)11-8-2)32-16-17-33(27(20-32)21(3)4)28(34)31-26-13-10-12-24-19-22(5)14-15-25(24)26/h7-13,15,19,21-22,27H,6,14,16-18,20H2,1-5H3,(H,31,34)/b9-7-,11-8-,30-29?. The van der Waals surface area contributed by atoms with Gasteiger partial charge in [-0.25, -0.2) is 4.79 Å². The molecule has 6 nitrogen and oxygen atoms in total. The minimum Gasteiger partial charge on any atom is -0.461 e. The van der Waals surface area contributed by atoms with E-state index in [0.29, 0.717) is 43.9 Å². The second kappa shape index (κ2) is 12.4. The summed E-state index contributed by atoms with van der Waals surface area (Å²) in [5.74, 6) is 0.783. The first-order valence-corrected chi connectivity index (χ1v) is 12.6. The maximum absolute atomic E-state index is 13.5. The molecule has 2 aliphatic rings. The lowest BCUT2D eigenvalue weighted by Crippen LogP contribution is -2.59. The van der Waals surface area contributed by atoms with E-state index in [4.69, 9.17) is 4.74 Å². The highest BCUT2D eigenvalue weighted by molar-refractivity contribution is 5.90. The first kappa shape index (κ1) is 26.3. The highest BCUT2D eigenvalue weighted by atomic mass is 16.5. The lowest BCUT2D eigenvalue weighted by Gasteiger charge is -2.43. The molecule has 6 heteroatoms. The fourth-order valence-electron chi connectivity index (χ4n) is 4.50. The molecule has 1 fully saturated rings. The molecule has 35 heavy (non-hydrogen) atoms. The largest absolute Gasteiger partial charge is 0.461 e. The van der Waals surface area contributed by atoms with Crippen molar-refractivity contribution in [3.63, 3.8) is 0 Å². The van der Waals surface area contributed by atoms with Crippen LogP contribution in [0.4, 0.5) is 10.5 Å². The normalized spacial score (nSPS) is 20.6. The number of nitrogens with zero attached hydrogens (tertiary/aromatic N) is 3. The minimum atomic E-state index is -0.0598. The summed E-state index contributed by atoms with van der Waals surface area (Å²) in [6.07, 6.45) is 13.2. The quantitative estimate of drug-likeness (QED) is 0.285. The Labute approximate surface area is 210 Å². The Morgan fingerprint density at radius 2 is 2.09 bits per heavy atom. The van der Waals surface area contributed by atoms with Crippen LogP contribution in [0.25, 0.3) is 12.2 Å². The number of urea groups is 1. The van der Waals surface area contributed by atoms with Gasteiger partial charge in [-0.15, -0.1) is 0 Å². The van der Waals surface area contributed by atoms with Gasteiger partial charge in [-0.2, -0.15) is 4.99 Å². The zero-order chi connectivity index (χ0) is 25.4. The summed E-state index contributed by atoms with van der Waals surface area (Å²) in [6, 6.07) is 6.62. The molecule has 1 saturated heterocycles. The number of hydrogen-bond donors (Lipinski definition) is 1. The van der Waals surface area contributed by atoms with E-state index in [0.717, 1.165) is 17.3 Å². The Kier molecular flexibility index (Phi) is 9.35. The number of benzene rings is 1. The highest BCUT2D eigenvalue weighted by Gasteiger charge is 2.34. The van der Waals surface area contributed by atoms with E-state index in [9.17, 15) is 4.79 Å². The van der Waals surface area contributed by atoms with Crippen LogP contribution >= 0.6 is 0 Å². The summed E-state index contributed by atoms with van der Waals surface area (Å²) in [7, 11) is 0. The summed E-state index contributed by atoms with van der Waals surface area (Å²) >= 11 is 0. The van der Waals surface area contributed by atoms with Crippen LogP contribution in [0, 0.1) is 11.8 Å². The van der Waals surface area contributed by atoms with Crippen molar-refractivity contribution < 1.29 is 9.53 Å². The van der Waals surface area contributed by atoms with Crippen LogP contribution in [0.5, 0.6) is 0 Å². The number of aliphatic imine (C=N–C) groups is 1. The fraction of sp³-hybridized carbons (Fsp3) is 0.448. The average molecular weight is 477 g/mol. The van der Waals surface area contributed by atoms with E-state index in [1.165, 1.54) is 5.22 Å². The Morgan fingerprint density at radius 3 is 2.80 bits per heavy atom. The molecule has 0 saturated carbocycles. The number of nitrogens with one attached hydrogen (secondary N) is 1. The number of ether oxygens (including phenoxy) is 1. The third-order valence-electron chi connectivity index (χ3n) is 6.40. The van der Waals surface area contributed by atoms with E-state index in [1.54, 1.807) is 0 Å². The van der Waals surface area contributed by atoms with Gasteiger partial charge in [0.2, 0.25) is 0 Å². The molecular weight excluding hydrogens is 436 g/mol. The van der Waals surface area contributed by atoms with Crippen molar-refractivity contribution in [2.75, 3.05) is 31.6 Å². The number of carbonyl (C=O) groups excluding carboxylic acids is 1. The van der Waals surface area contributed by atoms with Crippen LogP contribution < -0.4 is 15.8 Å². The van der Waals surface area contributed by atoms with Crippen molar-refractivity contribution in [2.45, 2.75) is 47.1 Å². The van der Waals surface area contributed by atoms with Crippen LogP contribution in [0.1, 0.15) is 41.0 Å². The molecule has 1 aromatic rings. The molecule has 1 aromatic carbocycles. The molecule has 188 valence electrons. The Balaban J connectivity index is 1.79. The van der Waals surface area contributed by atoms with Crippen molar-refractivity contribution in [2.24, 2.45) is 16.8 Å². The van der Waals surface area contributed by atoms with E-state index in [2.05, 4.69) is 60.8 Å². The van der Waals surface area contributed by atoms with Gasteiger partial charge in [0.1, 0.15) is 6.61 Å². The van der Waals surface area contributed by atoms with Crippen molar-refractivity contribution >= 4 is 29.9 Å². The van der Waals surface area contributed by atoms with Crippen LogP contribution in [-0.2, 0) is 4.74 Å². The maximum Gasteiger partial charge on any atom is 0.322 e. The first-order chi connectivity index (χ1) is 16.8. The number of carbonyl (C=O) groups is 1. The maximum atomic E-state index is 13.5. The molecule has 0 spiro atoms. The Bertz CT molecular complexity index is 1120. The fourth-order valence-corrected chi connectivity index (χ4v) is 4.50. The number of fused-ring (bicyclic) bond motifs is 1. The Hall–Kier alpha value is -3.28. The monoisotopic (exact) mass is 476 g/mol. The van der Waals surface area contributed by atoms with E-state index in [-0.39, 0.29) is 18.0 Å². The second-order valence-corrected chi connectivity index (χ2v) is 9.54. The van der Waals surface area contributed by atoms with Crippen LogP contribution in [0.2, 0.25) is 0 Å². The predicted octanol–water partition coefficient (Wildman–Crippen LogP) is 4.50. The zero-order valence-electron chi connectivity index (χ0n) is 21.8. The Morgan fingerprint density at radius 1 is 1.29 bits per heavy atom. The summed E-state index contributed by atoms with van der Waals surface area (Å²) in [5.41, 5.74) is 1.51. The topological polar surface area (TPSA) is 57.2 Å². The molecule has 2 unspecified atom stereocenters. The molecule has 1 aliphatic heterocycles. The number of piperazine rings is 1. The van der Waals surface area contributed by atoms with Crippen LogP contribution in [0.3, 0.4) is 0 Å². The SMILES string of the molecule is C=C(/C=C\C)N=C(OC/C=C\C)N1CCN(C(=O)Nc2cccc3c2=CCC(C)C=3)C(C(C)C)C1. The number of hydrogen-bond acceptors (Lipinski definition) is 3. The lowest BCUT2D eigenvalue weighted by molar-refractivity contribution is 0.0964. The second-order valence-electron chi connectivity index (χ2n) is 9.54. The van der Waals surface area contributed by atoms with Gasteiger partial charge in [-0.05, 0) is 49.5 Å². The average Bonchev–Trinajstić information content (AvgIpc) is 2.83. The molecule has 0 bridgehead atoms. The van der Waals surface area contributed by atoms with Gasteiger partial charge in [-0.3, -0.25) is 0 Å². The minimum absolute atomic E-state index is 0.0179. The number of amidine groups is 1. The molecule has 0 aromatic heterocycles. The molecule has 1 aliphatic carbocycles. The van der Waals surface area contributed by atoms with Gasteiger partial charge in [0.25, 0.3) is 6.02 Å². The number of allylic oxidation sites excluding steroid dienone is 3. The van der Waals surface area contributed by atoms with E-state index < -0.39 is 0 Å². The number of amides is 2. The third-order valence-corrected chi connectivity index (χ3v) is 6.40. The van der Waals surface area contributed by atoms with E-state index in [1.807, 2.05) is 55.2 Å². The van der Waals surface area contributed by atoms with Crippen LogP contribution in [-0.4, -0.2) is 54.1 Å². The van der Waals surface area contributed by atoms with Crippen molar-refractivity contribution in [1.29, 1.82) is 0 Å². The highest BCUT2D eigenvalue weighted by Crippen LogP contribution is 2.20. The molecule has 3 rings (SSSR count).